The van der Waals surface area contributed by atoms with Crippen LogP contribution >= 0.6 is 0 Å². The fraction of sp³-hybridized carbons (Fsp3) is 0.190. The Labute approximate surface area is 177 Å². The number of hydrogen-bond donors (Lipinski definition) is 3. The largest absolute Gasteiger partial charge is 0.482 e. The number of aliphatic hydroxyl groups is 1. The first-order chi connectivity index (χ1) is 14.9. The third-order valence-corrected chi connectivity index (χ3v) is 4.78. The monoisotopic (exact) mass is 459 g/mol. The molecule has 4 N–H and O–H groups in total. The van der Waals surface area contributed by atoms with Gasteiger partial charge >= 0.3 is 12.2 Å². The van der Waals surface area contributed by atoms with Crippen molar-refractivity contribution in [3.63, 3.8) is 0 Å². The standard InChI is InChI=1S/C21H16F7N3O/c22-14-4-7-16(17(23)9-14)19(32,11-29)20(24,25)18-8-3-13(10-30-18)12-1-5-15(6-2-12)31-21(26,27)28/h1-10,31-32H,11,29H2/t19-/m1/s1. The maximum Gasteiger partial charge on any atom is 0.482 e. The summed E-state index contributed by atoms with van der Waals surface area (Å²) in [6, 6.07) is 8.77. The van der Waals surface area contributed by atoms with Crippen LogP contribution in [0.25, 0.3) is 11.1 Å². The lowest BCUT2D eigenvalue weighted by Crippen LogP contribution is -2.50. The molecule has 3 aromatic rings. The highest BCUT2D eigenvalue weighted by Crippen LogP contribution is 2.45. The van der Waals surface area contributed by atoms with E-state index < -0.39 is 47.3 Å². The molecule has 0 saturated carbocycles. The van der Waals surface area contributed by atoms with Gasteiger partial charge in [-0.05, 0) is 29.8 Å². The van der Waals surface area contributed by atoms with E-state index in [0.29, 0.717) is 29.3 Å². The van der Waals surface area contributed by atoms with E-state index in [4.69, 9.17) is 5.73 Å². The van der Waals surface area contributed by atoms with E-state index in [1.165, 1.54) is 23.5 Å². The Hall–Kier alpha value is -3.18. The number of aromatic nitrogens is 1. The van der Waals surface area contributed by atoms with Gasteiger partial charge in [0.05, 0.1) is 0 Å². The van der Waals surface area contributed by atoms with Crippen molar-refractivity contribution in [3.05, 3.63) is 83.7 Å². The molecule has 0 unspecified atom stereocenters. The number of benzene rings is 2. The molecule has 0 bridgehead atoms. The van der Waals surface area contributed by atoms with Gasteiger partial charge < -0.3 is 10.8 Å². The van der Waals surface area contributed by atoms with Gasteiger partial charge in [-0.1, -0.05) is 24.3 Å². The quantitative estimate of drug-likeness (QED) is 0.363. The van der Waals surface area contributed by atoms with E-state index in [0.717, 1.165) is 24.4 Å². The molecule has 11 heteroatoms. The highest BCUT2D eigenvalue weighted by atomic mass is 19.4. The van der Waals surface area contributed by atoms with Crippen LogP contribution in [-0.2, 0) is 11.5 Å². The SMILES string of the molecule is NC[C@@](O)(c1ccc(F)cc1F)C(F)(F)c1ccc(-c2ccc(NC(F)(F)F)cc2)cn1. The molecule has 0 aliphatic heterocycles. The van der Waals surface area contributed by atoms with Gasteiger partial charge in [0.2, 0.25) is 0 Å². The lowest BCUT2D eigenvalue weighted by Gasteiger charge is -2.35. The molecule has 2 aromatic carbocycles. The summed E-state index contributed by atoms with van der Waals surface area (Å²) in [5.41, 5.74) is 0.761. The summed E-state index contributed by atoms with van der Waals surface area (Å²) in [6.07, 6.45) is -3.59. The van der Waals surface area contributed by atoms with Crippen LogP contribution in [-0.4, -0.2) is 22.9 Å². The molecule has 1 aromatic heterocycles. The van der Waals surface area contributed by atoms with Gasteiger partial charge in [0, 0.05) is 35.6 Å². The Morgan fingerprint density at radius 2 is 1.50 bits per heavy atom. The van der Waals surface area contributed by atoms with Crippen LogP contribution in [0.1, 0.15) is 11.3 Å². The third-order valence-electron chi connectivity index (χ3n) is 4.78. The van der Waals surface area contributed by atoms with Crippen molar-refractivity contribution < 1.29 is 35.8 Å². The summed E-state index contributed by atoms with van der Waals surface area (Å²) in [6.45, 7) is -1.10. The highest BCUT2D eigenvalue weighted by molar-refractivity contribution is 5.65. The number of alkyl halides is 5. The third kappa shape index (κ3) is 4.53. The highest BCUT2D eigenvalue weighted by Gasteiger charge is 2.56. The average molecular weight is 459 g/mol. The van der Waals surface area contributed by atoms with Crippen LogP contribution in [0, 0.1) is 11.6 Å². The minimum Gasteiger partial charge on any atom is -0.377 e. The smallest absolute Gasteiger partial charge is 0.377 e. The van der Waals surface area contributed by atoms with Crippen molar-refractivity contribution in [2.45, 2.75) is 17.8 Å². The summed E-state index contributed by atoms with van der Waals surface area (Å²) in [5, 5.41) is 11.9. The number of nitrogens with two attached hydrogens (primary N) is 1. The summed E-state index contributed by atoms with van der Waals surface area (Å²) in [5.74, 6) is -6.59. The molecule has 1 heterocycles. The first kappa shape index (κ1) is 23.5. The van der Waals surface area contributed by atoms with Gasteiger partial charge in [-0.15, -0.1) is 0 Å². The first-order valence-corrected chi connectivity index (χ1v) is 9.05. The molecule has 4 nitrogen and oxygen atoms in total. The molecular weight excluding hydrogens is 443 g/mol. The van der Waals surface area contributed by atoms with Crippen molar-refractivity contribution >= 4 is 5.69 Å². The summed E-state index contributed by atoms with van der Waals surface area (Å²) in [4.78, 5) is 3.64. The van der Waals surface area contributed by atoms with Crippen molar-refractivity contribution in [1.82, 2.24) is 4.98 Å². The molecule has 0 radical (unpaired) electrons. The van der Waals surface area contributed by atoms with E-state index in [-0.39, 0.29) is 5.69 Å². The van der Waals surface area contributed by atoms with Crippen LogP contribution in [0.5, 0.6) is 0 Å². The zero-order valence-electron chi connectivity index (χ0n) is 16.1. The molecule has 0 amide bonds. The number of pyridine rings is 1. The van der Waals surface area contributed by atoms with Crippen LogP contribution in [0.2, 0.25) is 0 Å². The zero-order chi connectivity index (χ0) is 23.7. The minimum atomic E-state index is -4.61. The van der Waals surface area contributed by atoms with Gasteiger partial charge in [-0.25, -0.2) is 8.78 Å². The number of halogens is 7. The molecule has 0 spiro atoms. The Bertz CT molecular complexity index is 1090. The molecule has 0 aliphatic carbocycles. The zero-order valence-corrected chi connectivity index (χ0v) is 16.1. The average Bonchev–Trinajstić information content (AvgIpc) is 2.72. The van der Waals surface area contributed by atoms with E-state index in [1.54, 1.807) is 0 Å². The van der Waals surface area contributed by atoms with Crippen LogP contribution in [0.3, 0.4) is 0 Å². The number of rotatable bonds is 6. The Morgan fingerprint density at radius 1 is 0.875 bits per heavy atom. The summed E-state index contributed by atoms with van der Waals surface area (Å²) in [7, 11) is 0. The van der Waals surface area contributed by atoms with Crippen molar-refractivity contribution in [2.75, 3.05) is 11.9 Å². The molecule has 32 heavy (non-hydrogen) atoms. The second kappa shape index (κ2) is 8.40. The molecule has 170 valence electrons. The number of nitrogens with one attached hydrogen (secondary N) is 1. The molecule has 0 fully saturated rings. The topological polar surface area (TPSA) is 71.2 Å². The van der Waals surface area contributed by atoms with Gasteiger partial charge in [0.1, 0.15) is 17.3 Å². The van der Waals surface area contributed by atoms with E-state index in [9.17, 15) is 27.1 Å². The van der Waals surface area contributed by atoms with E-state index in [2.05, 4.69) is 4.98 Å². The van der Waals surface area contributed by atoms with Gasteiger partial charge in [-0.3, -0.25) is 10.3 Å². The first-order valence-electron chi connectivity index (χ1n) is 9.05. The lowest BCUT2D eigenvalue weighted by molar-refractivity contribution is -0.193. The maximum absolute atomic E-state index is 15.1. The number of nitrogens with zero attached hydrogens (tertiary/aromatic N) is 1. The molecule has 0 saturated heterocycles. The van der Waals surface area contributed by atoms with Crippen LogP contribution in [0.4, 0.5) is 36.4 Å². The second-order valence-corrected chi connectivity index (χ2v) is 6.90. The van der Waals surface area contributed by atoms with Gasteiger partial charge in [0.25, 0.3) is 0 Å². The van der Waals surface area contributed by atoms with Crippen molar-refractivity contribution in [1.29, 1.82) is 0 Å². The minimum absolute atomic E-state index is 0.216. The van der Waals surface area contributed by atoms with E-state index >= 15 is 8.78 Å². The molecule has 3 rings (SSSR count). The second-order valence-electron chi connectivity index (χ2n) is 6.90. The summed E-state index contributed by atoms with van der Waals surface area (Å²) >= 11 is 0. The number of anilines is 1. The Kier molecular flexibility index (Phi) is 6.16. The molecule has 1 atom stereocenters. The molecule has 0 aliphatic rings. The van der Waals surface area contributed by atoms with Gasteiger partial charge in [0.15, 0.2) is 5.60 Å². The van der Waals surface area contributed by atoms with Gasteiger partial charge in [-0.2, -0.15) is 22.0 Å². The Balaban J connectivity index is 1.91. The van der Waals surface area contributed by atoms with E-state index in [1.807, 2.05) is 0 Å². The van der Waals surface area contributed by atoms with Crippen LogP contribution in [0.15, 0.2) is 60.8 Å². The summed E-state index contributed by atoms with van der Waals surface area (Å²) < 4.78 is 94.6. The van der Waals surface area contributed by atoms with Crippen molar-refractivity contribution in [3.8, 4) is 11.1 Å². The predicted octanol–water partition coefficient (Wildman–Crippen LogP) is 4.90. The number of hydrogen-bond acceptors (Lipinski definition) is 4. The van der Waals surface area contributed by atoms with Crippen LogP contribution < -0.4 is 11.1 Å². The lowest BCUT2D eigenvalue weighted by atomic mass is 9.84. The molecular formula is C21H16F7N3O. The normalized spacial score (nSPS) is 14.2. The fourth-order valence-electron chi connectivity index (χ4n) is 3.10. The predicted molar refractivity (Wildman–Crippen MR) is 103 cm³/mol. The maximum atomic E-state index is 15.1. The fourth-order valence-corrected chi connectivity index (χ4v) is 3.10. The van der Waals surface area contributed by atoms with Crippen molar-refractivity contribution in [2.24, 2.45) is 5.73 Å². The Morgan fingerprint density at radius 3 is 2.00 bits per heavy atom.